The van der Waals surface area contributed by atoms with E-state index in [0.717, 1.165) is 33.6 Å². The van der Waals surface area contributed by atoms with E-state index in [9.17, 15) is 14.4 Å². The van der Waals surface area contributed by atoms with Crippen LogP contribution in [0.25, 0.3) is 10.2 Å². The van der Waals surface area contributed by atoms with Crippen LogP contribution in [-0.2, 0) is 13.1 Å². The Kier molecular flexibility index (Phi) is 5.75. The summed E-state index contributed by atoms with van der Waals surface area (Å²) in [6.45, 7) is 0.637. The minimum absolute atomic E-state index is 0.0227. The van der Waals surface area contributed by atoms with Gasteiger partial charge in [-0.3, -0.25) is 14.4 Å². The molecule has 1 aliphatic carbocycles. The van der Waals surface area contributed by atoms with Gasteiger partial charge < -0.3 is 15.2 Å². The molecule has 0 aliphatic heterocycles. The fourth-order valence-corrected chi connectivity index (χ4v) is 4.48. The van der Waals surface area contributed by atoms with Gasteiger partial charge in [-0.15, -0.1) is 11.3 Å². The first kappa shape index (κ1) is 21.1. The summed E-state index contributed by atoms with van der Waals surface area (Å²) in [4.78, 5) is 43.3. The largest absolute Gasteiger partial charge is 0.349 e. The smallest absolute Gasteiger partial charge is 0.257 e. The van der Waals surface area contributed by atoms with Crippen molar-refractivity contribution in [3.05, 3.63) is 98.9 Å². The van der Waals surface area contributed by atoms with Gasteiger partial charge in [0.25, 0.3) is 11.8 Å². The predicted molar refractivity (Wildman–Crippen MR) is 128 cm³/mol. The van der Waals surface area contributed by atoms with Gasteiger partial charge in [0.1, 0.15) is 16.1 Å². The van der Waals surface area contributed by atoms with Gasteiger partial charge in [0.2, 0.25) is 5.43 Å². The molecule has 1 saturated carbocycles. The number of hydrogen-bond donors (Lipinski definition) is 2. The first-order valence-electron chi connectivity index (χ1n) is 10.8. The normalized spacial score (nSPS) is 13.1. The van der Waals surface area contributed by atoms with Gasteiger partial charge in [-0.1, -0.05) is 42.5 Å². The second-order valence-electron chi connectivity index (χ2n) is 8.08. The molecule has 0 spiro atoms. The Morgan fingerprint density at radius 1 is 0.970 bits per heavy atom. The standard InChI is InChI=1S/C25H22N4O3S/c30-23-18(24(31)26-12-22-28-20-8-4-5-9-21(20)33-22)14-29(13-16-6-2-1-3-7-16)15-19(23)25(32)27-17-10-11-17/h1-9,14-15,17H,10-13H2,(H,26,31)(H,27,32). The maximum Gasteiger partial charge on any atom is 0.257 e. The van der Waals surface area contributed by atoms with Crippen molar-refractivity contribution in [3.8, 4) is 0 Å². The Balaban J connectivity index is 1.42. The fourth-order valence-electron chi connectivity index (χ4n) is 3.58. The molecule has 33 heavy (non-hydrogen) atoms. The van der Waals surface area contributed by atoms with Crippen LogP contribution in [-0.4, -0.2) is 27.4 Å². The first-order valence-corrected chi connectivity index (χ1v) is 11.6. The predicted octanol–water partition coefficient (Wildman–Crippen LogP) is 3.33. The molecule has 0 bridgehead atoms. The highest BCUT2D eigenvalue weighted by Gasteiger charge is 2.26. The molecule has 2 aromatic heterocycles. The van der Waals surface area contributed by atoms with Crippen LogP contribution in [0.15, 0.2) is 71.8 Å². The minimum Gasteiger partial charge on any atom is -0.349 e. The Morgan fingerprint density at radius 3 is 2.39 bits per heavy atom. The summed E-state index contributed by atoms with van der Waals surface area (Å²) in [5.41, 5.74) is 1.21. The number of hydrogen-bond acceptors (Lipinski definition) is 5. The Hall–Kier alpha value is -3.78. The Labute approximate surface area is 194 Å². The highest BCUT2D eigenvalue weighted by atomic mass is 32.1. The van der Waals surface area contributed by atoms with Crippen molar-refractivity contribution in [1.82, 2.24) is 20.2 Å². The lowest BCUT2D eigenvalue weighted by Gasteiger charge is -2.12. The number of aromatic nitrogens is 2. The summed E-state index contributed by atoms with van der Waals surface area (Å²) >= 11 is 1.49. The Bertz CT molecular complexity index is 1360. The average molecular weight is 459 g/mol. The summed E-state index contributed by atoms with van der Waals surface area (Å²) in [5.74, 6) is -0.965. The van der Waals surface area contributed by atoms with Crippen LogP contribution >= 0.6 is 11.3 Å². The molecule has 2 N–H and O–H groups in total. The van der Waals surface area contributed by atoms with Gasteiger partial charge in [-0.2, -0.15) is 0 Å². The van der Waals surface area contributed by atoms with Crippen molar-refractivity contribution in [2.75, 3.05) is 0 Å². The molecule has 0 unspecified atom stereocenters. The van der Waals surface area contributed by atoms with Gasteiger partial charge in [0, 0.05) is 25.0 Å². The van der Waals surface area contributed by atoms with Crippen LogP contribution in [0.3, 0.4) is 0 Å². The third kappa shape index (κ3) is 4.85. The number of rotatable bonds is 7. The molecule has 0 saturated heterocycles. The van der Waals surface area contributed by atoms with Gasteiger partial charge in [0.15, 0.2) is 0 Å². The highest BCUT2D eigenvalue weighted by molar-refractivity contribution is 7.18. The lowest BCUT2D eigenvalue weighted by atomic mass is 10.1. The van der Waals surface area contributed by atoms with Crippen LogP contribution in [0.1, 0.15) is 44.1 Å². The lowest BCUT2D eigenvalue weighted by molar-refractivity contribution is 0.0948. The SMILES string of the molecule is O=C(NCc1nc2ccccc2s1)c1cn(Cc2ccccc2)cc(C(=O)NC2CC2)c1=O. The summed E-state index contributed by atoms with van der Waals surface area (Å²) in [5, 5.41) is 6.39. The van der Waals surface area contributed by atoms with Crippen LogP contribution in [0, 0.1) is 0 Å². The zero-order chi connectivity index (χ0) is 22.8. The van der Waals surface area contributed by atoms with Gasteiger partial charge in [-0.05, 0) is 30.5 Å². The zero-order valence-electron chi connectivity index (χ0n) is 17.8. The quantitative estimate of drug-likeness (QED) is 0.444. The topological polar surface area (TPSA) is 93.1 Å². The molecular weight excluding hydrogens is 436 g/mol. The number of para-hydroxylation sites is 1. The van der Waals surface area contributed by atoms with Gasteiger partial charge in [0.05, 0.1) is 16.8 Å². The van der Waals surface area contributed by atoms with Crippen molar-refractivity contribution < 1.29 is 9.59 Å². The van der Waals surface area contributed by atoms with E-state index < -0.39 is 17.2 Å². The molecule has 166 valence electrons. The number of nitrogens with one attached hydrogen (secondary N) is 2. The van der Waals surface area contributed by atoms with E-state index in [1.54, 1.807) is 4.57 Å². The van der Waals surface area contributed by atoms with Crippen LogP contribution < -0.4 is 16.1 Å². The van der Waals surface area contributed by atoms with Crippen molar-refractivity contribution in [3.63, 3.8) is 0 Å². The van der Waals surface area contributed by atoms with Crippen molar-refractivity contribution in [2.24, 2.45) is 0 Å². The Morgan fingerprint density at radius 2 is 1.67 bits per heavy atom. The van der Waals surface area contributed by atoms with Crippen molar-refractivity contribution in [1.29, 1.82) is 0 Å². The molecular formula is C25H22N4O3S. The number of carbonyl (C=O) groups excluding carboxylic acids is 2. The maximum absolute atomic E-state index is 13.1. The first-order chi connectivity index (χ1) is 16.1. The minimum atomic E-state index is -0.570. The highest BCUT2D eigenvalue weighted by Crippen LogP contribution is 2.21. The summed E-state index contributed by atoms with van der Waals surface area (Å²) in [7, 11) is 0. The second kappa shape index (κ2) is 8.99. The van der Waals surface area contributed by atoms with Crippen molar-refractivity contribution in [2.45, 2.75) is 32.0 Å². The number of pyridine rings is 1. The van der Waals surface area contributed by atoms with E-state index in [-0.39, 0.29) is 23.7 Å². The number of nitrogens with zero attached hydrogens (tertiary/aromatic N) is 2. The van der Waals surface area contributed by atoms with E-state index in [4.69, 9.17) is 0 Å². The van der Waals surface area contributed by atoms with Crippen molar-refractivity contribution >= 4 is 33.4 Å². The van der Waals surface area contributed by atoms with E-state index in [2.05, 4.69) is 15.6 Å². The van der Waals surface area contributed by atoms with E-state index in [1.165, 1.54) is 23.7 Å². The number of carbonyl (C=O) groups is 2. The molecule has 4 aromatic rings. The third-order valence-electron chi connectivity index (χ3n) is 5.43. The molecule has 1 aliphatic rings. The summed E-state index contributed by atoms with van der Waals surface area (Å²) < 4.78 is 2.75. The van der Waals surface area contributed by atoms with Crippen LogP contribution in [0.2, 0.25) is 0 Å². The summed E-state index contributed by atoms with van der Waals surface area (Å²) in [6.07, 6.45) is 4.85. The van der Waals surface area contributed by atoms with Gasteiger partial charge >= 0.3 is 0 Å². The summed E-state index contributed by atoms with van der Waals surface area (Å²) in [6, 6.07) is 17.5. The molecule has 5 rings (SSSR count). The second-order valence-corrected chi connectivity index (χ2v) is 9.19. The number of amides is 2. The van der Waals surface area contributed by atoms with E-state index >= 15 is 0 Å². The molecule has 8 heteroatoms. The molecule has 0 radical (unpaired) electrons. The van der Waals surface area contributed by atoms with Gasteiger partial charge in [-0.25, -0.2) is 4.98 Å². The fraction of sp³-hybridized carbons (Fsp3) is 0.200. The molecule has 7 nitrogen and oxygen atoms in total. The number of benzene rings is 2. The average Bonchev–Trinajstić information content (AvgIpc) is 3.54. The molecule has 2 amide bonds. The molecule has 1 fully saturated rings. The third-order valence-corrected chi connectivity index (χ3v) is 6.46. The maximum atomic E-state index is 13.1. The zero-order valence-corrected chi connectivity index (χ0v) is 18.6. The van der Waals surface area contributed by atoms with E-state index in [0.29, 0.717) is 6.54 Å². The number of thiazole rings is 1. The van der Waals surface area contributed by atoms with E-state index in [1.807, 2.05) is 54.6 Å². The van der Waals surface area contributed by atoms with Crippen LogP contribution in [0.5, 0.6) is 0 Å². The molecule has 0 atom stereocenters. The lowest BCUT2D eigenvalue weighted by Crippen LogP contribution is -2.36. The molecule has 2 heterocycles. The van der Waals surface area contributed by atoms with Crippen LogP contribution in [0.4, 0.5) is 0 Å². The molecule has 2 aromatic carbocycles. The monoisotopic (exact) mass is 458 g/mol. The number of fused-ring (bicyclic) bond motifs is 1.